The summed E-state index contributed by atoms with van der Waals surface area (Å²) in [6.45, 7) is 7.90. The Morgan fingerprint density at radius 3 is 2.54 bits per heavy atom. The highest BCUT2D eigenvalue weighted by Crippen LogP contribution is 2.29. The van der Waals surface area contributed by atoms with Crippen molar-refractivity contribution in [2.24, 2.45) is 0 Å². The Labute approximate surface area is 154 Å². The van der Waals surface area contributed by atoms with Gasteiger partial charge < -0.3 is 19.3 Å². The van der Waals surface area contributed by atoms with E-state index in [2.05, 4.69) is 16.1 Å². The smallest absolute Gasteiger partial charge is 0.261 e. The van der Waals surface area contributed by atoms with Crippen molar-refractivity contribution in [2.45, 2.75) is 20.4 Å². The van der Waals surface area contributed by atoms with Gasteiger partial charge >= 0.3 is 0 Å². The van der Waals surface area contributed by atoms with Gasteiger partial charge in [-0.15, -0.1) is 5.10 Å². The average Bonchev–Trinajstić information content (AvgIpc) is 3.11. The van der Waals surface area contributed by atoms with E-state index in [0.29, 0.717) is 37.7 Å². The minimum absolute atomic E-state index is 0.0205. The molecule has 0 N–H and O–H groups in total. The van der Waals surface area contributed by atoms with Crippen LogP contribution in [0.2, 0.25) is 0 Å². The van der Waals surface area contributed by atoms with Gasteiger partial charge in [0.05, 0.1) is 19.4 Å². The van der Waals surface area contributed by atoms with Crippen molar-refractivity contribution in [2.75, 3.05) is 44.8 Å². The molecule has 3 rings (SSSR count). The Kier molecular flexibility index (Phi) is 5.65. The number of piperazine rings is 1. The van der Waals surface area contributed by atoms with Crippen LogP contribution in [-0.4, -0.2) is 60.5 Å². The summed E-state index contributed by atoms with van der Waals surface area (Å²) < 4.78 is 12.7. The van der Waals surface area contributed by atoms with E-state index in [1.807, 2.05) is 36.9 Å². The lowest BCUT2D eigenvalue weighted by Crippen LogP contribution is -2.48. The van der Waals surface area contributed by atoms with Crippen molar-refractivity contribution in [1.29, 1.82) is 0 Å². The number of hydrogen-bond acceptors (Lipinski definition) is 5. The van der Waals surface area contributed by atoms with Crippen molar-refractivity contribution < 1.29 is 14.3 Å². The fraction of sp³-hybridized carbons (Fsp3) is 0.474. The minimum atomic E-state index is -0.0205. The zero-order valence-electron chi connectivity index (χ0n) is 15.6. The van der Waals surface area contributed by atoms with Crippen LogP contribution in [0.25, 0.3) is 0 Å². The third-order valence-electron chi connectivity index (χ3n) is 4.56. The number of anilines is 1. The maximum Gasteiger partial charge on any atom is 0.261 e. The Morgan fingerprint density at radius 1 is 1.15 bits per heavy atom. The van der Waals surface area contributed by atoms with Gasteiger partial charge in [-0.05, 0) is 26.0 Å². The lowest BCUT2D eigenvalue weighted by molar-refractivity contribution is 0.0742. The molecule has 0 atom stereocenters. The van der Waals surface area contributed by atoms with E-state index >= 15 is 0 Å². The quantitative estimate of drug-likeness (QED) is 0.793. The lowest BCUT2D eigenvalue weighted by atomic mass is 10.2. The number of ether oxygens (including phenoxy) is 2. The van der Waals surface area contributed by atoms with Crippen LogP contribution in [0.1, 0.15) is 24.2 Å². The van der Waals surface area contributed by atoms with Crippen LogP contribution in [0.3, 0.4) is 0 Å². The maximum atomic E-state index is 12.9. The van der Waals surface area contributed by atoms with Crippen LogP contribution < -0.4 is 14.4 Å². The molecule has 0 radical (unpaired) electrons. The number of carbonyl (C=O) groups is 1. The number of benzene rings is 1. The topological polar surface area (TPSA) is 59.8 Å². The highest BCUT2D eigenvalue weighted by molar-refractivity contribution is 5.96. The van der Waals surface area contributed by atoms with Gasteiger partial charge in [0.1, 0.15) is 11.3 Å². The molecular formula is C19H26N4O3. The number of methoxy groups -OCH3 is 1. The largest absolute Gasteiger partial charge is 0.495 e. The van der Waals surface area contributed by atoms with E-state index in [-0.39, 0.29) is 5.91 Å². The molecule has 1 saturated heterocycles. The van der Waals surface area contributed by atoms with Gasteiger partial charge in [0.15, 0.2) is 0 Å². The molecule has 0 saturated carbocycles. The summed E-state index contributed by atoms with van der Waals surface area (Å²) in [6.07, 6.45) is 1.78. The summed E-state index contributed by atoms with van der Waals surface area (Å²) in [6, 6.07) is 7.97. The first kappa shape index (κ1) is 18.1. The van der Waals surface area contributed by atoms with E-state index in [4.69, 9.17) is 9.47 Å². The van der Waals surface area contributed by atoms with Crippen LogP contribution in [0.15, 0.2) is 30.5 Å². The predicted octanol–water partition coefficient (Wildman–Crippen LogP) is 2.27. The van der Waals surface area contributed by atoms with Crippen molar-refractivity contribution in [3.8, 4) is 11.6 Å². The van der Waals surface area contributed by atoms with Crippen LogP contribution in [0.5, 0.6) is 11.6 Å². The van der Waals surface area contributed by atoms with Gasteiger partial charge in [-0.1, -0.05) is 12.1 Å². The molecule has 0 aliphatic carbocycles. The van der Waals surface area contributed by atoms with Gasteiger partial charge in [0, 0.05) is 38.9 Å². The molecule has 1 amide bonds. The molecule has 0 unspecified atom stereocenters. The van der Waals surface area contributed by atoms with E-state index in [1.54, 1.807) is 18.0 Å². The SMILES string of the molecule is CCOc1nn(CC)cc1C(=O)N1CCN(c2ccccc2OC)CC1. The van der Waals surface area contributed by atoms with E-state index in [9.17, 15) is 4.79 Å². The zero-order chi connectivity index (χ0) is 18.5. The van der Waals surface area contributed by atoms with Crippen molar-refractivity contribution in [3.05, 3.63) is 36.0 Å². The van der Waals surface area contributed by atoms with Crippen molar-refractivity contribution in [1.82, 2.24) is 14.7 Å². The van der Waals surface area contributed by atoms with Crippen molar-refractivity contribution in [3.63, 3.8) is 0 Å². The number of aryl methyl sites for hydroxylation is 1. The number of carbonyl (C=O) groups excluding carboxylic acids is 1. The molecule has 2 heterocycles. The van der Waals surface area contributed by atoms with Gasteiger partial charge in [-0.25, -0.2) is 0 Å². The Hall–Kier alpha value is -2.70. The first-order chi connectivity index (χ1) is 12.7. The number of para-hydroxylation sites is 2. The number of hydrogen-bond donors (Lipinski definition) is 0. The van der Waals surface area contributed by atoms with Crippen LogP contribution in [-0.2, 0) is 6.54 Å². The Balaban J connectivity index is 1.70. The van der Waals surface area contributed by atoms with Crippen LogP contribution in [0, 0.1) is 0 Å². The fourth-order valence-corrected chi connectivity index (χ4v) is 3.17. The summed E-state index contributed by atoms with van der Waals surface area (Å²) in [5.41, 5.74) is 1.61. The lowest BCUT2D eigenvalue weighted by Gasteiger charge is -2.36. The number of amides is 1. The molecule has 140 valence electrons. The molecular weight excluding hydrogens is 332 g/mol. The standard InChI is InChI=1S/C19H26N4O3/c1-4-23-14-15(18(20-23)26-5-2)19(24)22-12-10-21(11-13-22)16-8-6-7-9-17(16)25-3/h6-9,14H,4-5,10-13H2,1-3H3. The Bertz CT molecular complexity index is 751. The second-order valence-corrected chi connectivity index (χ2v) is 6.09. The number of aromatic nitrogens is 2. The highest BCUT2D eigenvalue weighted by atomic mass is 16.5. The second kappa shape index (κ2) is 8.12. The average molecular weight is 358 g/mol. The molecule has 1 aromatic heterocycles. The van der Waals surface area contributed by atoms with Gasteiger partial charge in [0.25, 0.3) is 5.91 Å². The van der Waals surface area contributed by atoms with E-state index in [0.717, 1.165) is 24.5 Å². The molecule has 0 bridgehead atoms. The fourth-order valence-electron chi connectivity index (χ4n) is 3.17. The van der Waals surface area contributed by atoms with Gasteiger partial charge in [-0.3, -0.25) is 9.48 Å². The zero-order valence-corrected chi connectivity index (χ0v) is 15.6. The molecule has 2 aromatic rings. The van der Waals surface area contributed by atoms with Gasteiger partial charge in [0.2, 0.25) is 5.88 Å². The molecule has 0 spiro atoms. The molecule has 1 aromatic carbocycles. The summed E-state index contributed by atoms with van der Waals surface area (Å²) in [5, 5.41) is 4.34. The minimum Gasteiger partial charge on any atom is -0.495 e. The molecule has 1 fully saturated rings. The predicted molar refractivity (Wildman–Crippen MR) is 100 cm³/mol. The molecule has 26 heavy (non-hydrogen) atoms. The Morgan fingerprint density at radius 2 is 1.88 bits per heavy atom. The third kappa shape index (κ3) is 3.61. The molecule has 7 heteroatoms. The molecule has 1 aliphatic rings. The van der Waals surface area contributed by atoms with Crippen LogP contribution >= 0.6 is 0 Å². The van der Waals surface area contributed by atoms with E-state index in [1.165, 1.54) is 0 Å². The maximum absolute atomic E-state index is 12.9. The second-order valence-electron chi connectivity index (χ2n) is 6.09. The summed E-state index contributed by atoms with van der Waals surface area (Å²) in [5.74, 6) is 1.26. The van der Waals surface area contributed by atoms with Crippen molar-refractivity contribution >= 4 is 11.6 Å². The molecule has 1 aliphatic heterocycles. The monoisotopic (exact) mass is 358 g/mol. The summed E-state index contributed by atoms with van der Waals surface area (Å²) in [7, 11) is 1.68. The number of rotatable bonds is 6. The highest BCUT2D eigenvalue weighted by Gasteiger charge is 2.27. The first-order valence-electron chi connectivity index (χ1n) is 9.05. The van der Waals surface area contributed by atoms with Gasteiger partial charge in [-0.2, -0.15) is 0 Å². The van der Waals surface area contributed by atoms with Crippen LogP contribution in [0.4, 0.5) is 5.69 Å². The summed E-state index contributed by atoms with van der Waals surface area (Å²) >= 11 is 0. The summed E-state index contributed by atoms with van der Waals surface area (Å²) in [4.78, 5) is 17.1. The third-order valence-corrected chi connectivity index (χ3v) is 4.56. The van der Waals surface area contributed by atoms with E-state index < -0.39 is 0 Å². The normalized spacial score (nSPS) is 14.4. The molecule has 7 nitrogen and oxygen atoms in total. The first-order valence-corrected chi connectivity index (χ1v) is 9.05. The number of nitrogens with zero attached hydrogens (tertiary/aromatic N) is 4.